The highest BCUT2D eigenvalue weighted by Gasteiger charge is 2.06. The molecule has 1 amide bonds. The van der Waals surface area contributed by atoms with E-state index in [1.54, 1.807) is 11.3 Å². The molecule has 0 unspecified atom stereocenters. The van der Waals surface area contributed by atoms with E-state index in [2.05, 4.69) is 11.4 Å². The summed E-state index contributed by atoms with van der Waals surface area (Å²) >= 11 is 1.69. The average Bonchev–Trinajstić information content (AvgIpc) is 3.03. The van der Waals surface area contributed by atoms with Crippen molar-refractivity contribution in [2.75, 3.05) is 5.32 Å². The van der Waals surface area contributed by atoms with Gasteiger partial charge in [-0.25, -0.2) is 0 Å². The highest BCUT2D eigenvalue weighted by molar-refractivity contribution is 7.13. The summed E-state index contributed by atoms with van der Waals surface area (Å²) < 4.78 is 0. The third-order valence-corrected chi connectivity index (χ3v) is 3.90. The Kier molecular flexibility index (Phi) is 3.61. The second-order valence-electron chi connectivity index (χ2n) is 4.37. The third-order valence-electron chi connectivity index (χ3n) is 2.98. The summed E-state index contributed by atoms with van der Waals surface area (Å²) in [5.74, 6) is -0.0890. The lowest BCUT2D eigenvalue weighted by Crippen LogP contribution is -2.11. The largest absolute Gasteiger partial charge is 0.322 e. The summed E-state index contributed by atoms with van der Waals surface area (Å²) in [4.78, 5) is 13.3. The Morgan fingerprint density at radius 1 is 0.850 bits per heavy atom. The minimum Gasteiger partial charge on any atom is -0.322 e. The Morgan fingerprint density at radius 2 is 1.60 bits per heavy atom. The molecular weight excluding hydrogens is 266 g/mol. The van der Waals surface area contributed by atoms with Gasteiger partial charge in [-0.1, -0.05) is 36.4 Å². The maximum atomic E-state index is 12.1. The van der Waals surface area contributed by atoms with Crippen LogP contribution in [0.5, 0.6) is 0 Å². The fraction of sp³-hybridized carbons (Fsp3) is 0. The van der Waals surface area contributed by atoms with Crippen LogP contribution >= 0.6 is 11.3 Å². The van der Waals surface area contributed by atoms with Gasteiger partial charge >= 0.3 is 0 Å². The first-order valence-electron chi connectivity index (χ1n) is 6.33. The van der Waals surface area contributed by atoms with E-state index in [9.17, 15) is 4.79 Å². The smallest absolute Gasteiger partial charge is 0.255 e. The van der Waals surface area contributed by atoms with Crippen molar-refractivity contribution in [1.29, 1.82) is 0 Å². The molecule has 1 aromatic heterocycles. The number of hydrogen-bond donors (Lipinski definition) is 1. The molecule has 2 nitrogen and oxygen atoms in total. The number of anilines is 1. The van der Waals surface area contributed by atoms with Gasteiger partial charge in [0, 0.05) is 16.1 Å². The van der Waals surface area contributed by atoms with Crippen molar-refractivity contribution >= 4 is 22.9 Å². The zero-order chi connectivity index (χ0) is 13.8. The number of benzene rings is 2. The predicted molar refractivity (Wildman–Crippen MR) is 84.2 cm³/mol. The molecule has 3 rings (SSSR count). The van der Waals surface area contributed by atoms with E-state index in [1.807, 2.05) is 66.0 Å². The zero-order valence-corrected chi connectivity index (χ0v) is 11.6. The van der Waals surface area contributed by atoms with Crippen LogP contribution in [0, 0.1) is 0 Å². The van der Waals surface area contributed by atoms with Crippen molar-refractivity contribution in [3.8, 4) is 10.4 Å². The van der Waals surface area contributed by atoms with Gasteiger partial charge in [0.15, 0.2) is 0 Å². The summed E-state index contributed by atoms with van der Waals surface area (Å²) in [6.07, 6.45) is 0. The van der Waals surface area contributed by atoms with Crippen molar-refractivity contribution in [2.45, 2.75) is 0 Å². The van der Waals surface area contributed by atoms with Gasteiger partial charge < -0.3 is 5.32 Å². The minimum atomic E-state index is -0.0890. The van der Waals surface area contributed by atoms with Gasteiger partial charge in [0.1, 0.15) is 0 Å². The summed E-state index contributed by atoms with van der Waals surface area (Å²) in [6.45, 7) is 0. The molecule has 0 saturated heterocycles. The number of carbonyl (C=O) groups excluding carboxylic acids is 1. The van der Waals surface area contributed by atoms with E-state index >= 15 is 0 Å². The molecule has 0 fully saturated rings. The Bertz CT molecular complexity index is 688. The number of thiophene rings is 1. The Labute approximate surface area is 121 Å². The first-order chi connectivity index (χ1) is 9.83. The summed E-state index contributed by atoms with van der Waals surface area (Å²) in [6, 6.07) is 21.2. The highest BCUT2D eigenvalue weighted by Crippen LogP contribution is 2.24. The van der Waals surface area contributed by atoms with Gasteiger partial charge in [0.05, 0.1) is 0 Å². The standard InChI is InChI=1S/C17H13NOS/c19-17(18-15-5-2-1-3-6-15)14-10-8-13(9-11-14)16-7-4-12-20-16/h1-12H,(H,18,19). The van der Waals surface area contributed by atoms with Crippen LogP contribution in [0.1, 0.15) is 10.4 Å². The molecule has 0 aliphatic heterocycles. The Morgan fingerprint density at radius 3 is 2.25 bits per heavy atom. The molecule has 1 N–H and O–H groups in total. The molecule has 1 heterocycles. The maximum Gasteiger partial charge on any atom is 0.255 e. The van der Waals surface area contributed by atoms with Crippen molar-refractivity contribution in [3.63, 3.8) is 0 Å². The van der Waals surface area contributed by atoms with E-state index in [4.69, 9.17) is 0 Å². The van der Waals surface area contributed by atoms with Crippen LogP contribution in [-0.2, 0) is 0 Å². The van der Waals surface area contributed by atoms with Gasteiger partial charge in [0.2, 0.25) is 0 Å². The number of hydrogen-bond acceptors (Lipinski definition) is 2. The lowest BCUT2D eigenvalue weighted by Gasteiger charge is -2.05. The number of nitrogens with one attached hydrogen (secondary N) is 1. The Hall–Kier alpha value is -2.39. The summed E-state index contributed by atoms with van der Waals surface area (Å²) in [5, 5.41) is 4.92. The molecule has 0 bridgehead atoms. The Balaban J connectivity index is 1.76. The second kappa shape index (κ2) is 5.72. The molecule has 0 spiro atoms. The highest BCUT2D eigenvalue weighted by atomic mass is 32.1. The molecule has 3 heteroatoms. The number of carbonyl (C=O) groups is 1. The molecule has 3 aromatic rings. The van der Waals surface area contributed by atoms with Gasteiger partial charge in [-0.05, 0) is 41.3 Å². The molecule has 20 heavy (non-hydrogen) atoms. The monoisotopic (exact) mass is 279 g/mol. The van der Waals surface area contributed by atoms with Crippen LogP contribution in [0.25, 0.3) is 10.4 Å². The van der Waals surface area contributed by atoms with Crippen LogP contribution in [0.3, 0.4) is 0 Å². The second-order valence-corrected chi connectivity index (χ2v) is 5.32. The number of amides is 1. The zero-order valence-electron chi connectivity index (χ0n) is 10.7. The molecule has 0 aliphatic rings. The molecule has 0 radical (unpaired) electrons. The normalized spacial score (nSPS) is 10.2. The molecular formula is C17H13NOS. The topological polar surface area (TPSA) is 29.1 Å². The number of para-hydroxylation sites is 1. The SMILES string of the molecule is O=C(Nc1ccccc1)c1ccc(-c2cccs2)cc1. The van der Waals surface area contributed by atoms with E-state index in [-0.39, 0.29) is 5.91 Å². The predicted octanol–water partition coefficient (Wildman–Crippen LogP) is 4.67. The summed E-state index contributed by atoms with van der Waals surface area (Å²) in [5.41, 5.74) is 2.60. The summed E-state index contributed by atoms with van der Waals surface area (Å²) in [7, 11) is 0. The van der Waals surface area contributed by atoms with E-state index in [0.717, 1.165) is 11.3 Å². The molecule has 0 atom stereocenters. The van der Waals surface area contributed by atoms with Crippen molar-refractivity contribution in [2.24, 2.45) is 0 Å². The van der Waals surface area contributed by atoms with Crippen molar-refractivity contribution < 1.29 is 4.79 Å². The number of rotatable bonds is 3. The van der Waals surface area contributed by atoms with Crippen LogP contribution in [-0.4, -0.2) is 5.91 Å². The minimum absolute atomic E-state index is 0.0890. The third kappa shape index (κ3) is 2.78. The van der Waals surface area contributed by atoms with Gasteiger partial charge in [-0.15, -0.1) is 11.3 Å². The van der Waals surface area contributed by atoms with E-state index in [1.165, 1.54) is 4.88 Å². The maximum absolute atomic E-state index is 12.1. The first kappa shape index (κ1) is 12.6. The van der Waals surface area contributed by atoms with Crippen LogP contribution < -0.4 is 5.32 Å². The quantitative estimate of drug-likeness (QED) is 0.741. The van der Waals surface area contributed by atoms with Crippen LogP contribution in [0.4, 0.5) is 5.69 Å². The fourth-order valence-electron chi connectivity index (χ4n) is 1.95. The molecule has 0 aliphatic carbocycles. The van der Waals surface area contributed by atoms with Crippen molar-refractivity contribution in [1.82, 2.24) is 0 Å². The average molecular weight is 279 g/mol. The molecule has 0 saturated carbocycles. The van der Waals surface area contributed by atoms with Crippen LogP contribution in [0.15, 0.2) is 72.1 Å². The lowest BCUT2D eigenvalue weighted by atomic mass is 10.1. The fourth-order valence-corrected chi connectivity index (χ4v) is 2.69. The van der Waals surface area contributed by atoms with Gasteiger partial charge in [-0.3, -0.25) is 4.79 Å². The molecule has 2 aromatic carbocycles. The van der Waals surface area contributed by atoms with E-state index in [0.29, 0.717) is 5.56 Å². The van der Waals surface area contributed by atoms with Crippen molar-refractivity contribution in [3.05, 3.63) is 77.7 Å². The first-order valence-corrected chi connectivity index (χ1v) is 7.21. The van der Waals surface area contributed by atoms with Gasteiger partial charge in [-0.2, -0.15) is 0 Å². The van der Waals surface area contributed by atoms with Crippen LogP contribution in [0.2, 0.25) is 0 Å². The lowest BCUT2D eigenvalue weighted by molar-refractivity contribution is 0.102. The van der Waals surface area contributed by atoms with E-state index < -0.39 is 0 Å². The van der Waals surface area contributed by atoms with Gasteiger partial charge in [0.25, 0.3) is 5.91 Å². The molecule has 98 valence electrons.